The van der Waals surface area contributed by atoms with Gasteiger partial charge >= 0.3 is 12.0 Å². The van der Waals surface area contributed by atoms with Gasteiger partial charge in [-0.25, -0.2) is 9.59 Å². The van der Waals surface area contributed by atoms with Crippen LogP contribution in [0.3, 0.4) is 0 Å². The van der Waals surface area contributed by atoms with Crippen molar-refractivity contribution < 1.29 is 14.7 Å². The summed E-state index contributed by atoms with van der Waals surface area (Å²) < 4.78 is 0. The second-order valence-corrected chi connectivity index (χ2v) is 6.08. The molecule has 1 aliphatic heterocycles. The number of carboxylic acid groups (broad SMARTS) is 1. The third-order valence-corrected chi connectivity index (χ3v) is 4.08. The zero-order valence-corrected chi connectivity index (χ0v) is 13.6. The molecule has 6 nitrogen and oxygen atoms in total. The van der Waals surface area contributed by atoms with E-state index in [-0.39, 0.29) is 11.9 Å². The number of carboxylic acids is 1. The minimum atomic E-state index is -0.962. The highest BCUT2D eigenvalue weighted by molar-refractivity contribution is 5.82. The van der Waals surface area contributed by atoms with Gasteiger partial charge in [0.05, 0.1) is 0 Å². The maximum absolute atomic E-state index is 12.2. The number of likely N-dealkylation sites (N-methyl/N-ethyl adjacent to an activating group) is 1. The Labute approximate surface area is 127 Å². The maximum Gasteiger partial charge on any atom is 0.326 e. The van der Waals surface area contributed by atoms with Crippen molar-refractivity contribution in [2.75, 3.05) is 26.2 Å². The van der Waals surface area contributed by atoms with E-state index in [0.29, 0.717) is 25.6 Å². The minimum absolute atomic E-state index is 0.230. The molecule has 1 saturated heterocycles. The molecule has 0 spiro atoms. The van der Waals surface area contributed by atoms with Gasteiger partial charge in [-0.05, 0) is 31.8 Å². The molecule has 1 heterocycles. The van der Waals surface area contributed by atoms with Gasteiger partial charge < -0.3 is 15.3 Å². The largest absolute Gasteiger partial charge is 0.480 e. The highest BCUT2D eigenvalue weighted by atomic mass is 16.4. The molecule has 0 aliphatic carbocycles. The van der Waals surface area contributed by atoms with E-state index in [0.717, 1.165) is 19.5 Å². The van der Waals surface area contributed by atoms with Crippen molar-refractivity contribution in [2.24, 2.45) is 5.92 Å². The monoisotopic (exact) mass is 299 g/mol. The van der Waals surface area contributed by atoms with Gasteiger partial charge in [-0.2, -0.15) is 0 Å². The predicted octanol–water partition coefficient (Wildman–Crippen LogP) is 1.61. The second kappa shape index (κ2) is 8.22. The standard InChI is InChI=1S/C15H29N3O3/c1-5-17(6-2)12-7-8-18(10-12)15(21)16-13(14(19)20)9-11(3)4/h11-13H,5-10H2,1-4H3,(H,16,21)(H,19,20). The van der Waals surface area contributed by atoms with Crippen molar-refractivity contribution in [1.82, 2.24) is 15.1 Å². The van der Waals surface area contributed by atoms with Crippen LogP contribution in [0.5, 0.6) is 0 Å². The first-order chi connectivity index (χ1) is 9.88. The molecule has 0 radical (unpaired) electrons. The summed E-state index contributed by atoms with van der Waals surface area (Å²) in [6, 6.07) is -0.665. The van der Waals surface area contributed by atoms with Gasteiger partial charge in [0.15, 0.2) is 0 Å². The van der Waals surface area contributed by atoms with Crippen molar-refractivity contribution in [3.8, 4) is 0 Å². The topological polar surface area (TPSA) is 72.9 Å². The van der Waals surface area contributed by atoms with Gasteiger partial charge in [0.2, 0.25) is 0 Å². The quantitative estimate of drug-likeness (QED) is 0.749. The van der Waals surface area contributed by atoms with E-state index < -0.39 is 12.0 Å². The normalized spacial score (nSPS) is 20.1. The van der Waals surface area contributed by atoms with Crippen LogP contribution in [0, 0.1) is 5.92 Å². The Hall–Kier alpha value is -1.30. The van der Waals surface area contributed by atoms with Crippen LogP contribution in [0.1, 0.15) is 40.5 Å². The number of rotatable bonds is 7. The number of hydrogen-bond donors (Lipinski definition) is 2. The van der Waals surface area contributed by atoms with E-state index in [1.54, 1.807) is 4.90 Å². The van der Waals surface area contributed by atoms with Crippen LogP contribution >= 0.6 is 0 Å². The minimum Gasteiger partial charge on any atom is -0.480 e. The fourth-order valence-electron chi connectivity index (χ4n) is 2.90. The SMILES string of the molecule is CCN(CC)C1CCN(C(=O)NC(CC(C)C)C(=O)O)C1. The van der Waals surface area contributed by atoms with Crippen molar-refractivity contribution in [3.05, 3.63) is 0 Å². The van der Waals surface area contributed by atoms with Gasteiger partial charge in [-0.3, -0.25) is 4.90 Å². The van der Waals surface area contributed by atoms with E-state index in [1.807, 2.05) is 13.8 Å². The summed E-state index contributed by atoms with van der Waals surface area (Å²) in [4.78, 5) is 27.5. The molecule has 1 fully saturated rings. The van der Waals surface area contributed by atoms with Crippen LogP contribution in [0.15, 0.2) is 0 Å². The Balaban J connectivity index is 2.54. The molecule has 2 N–H and O–H groups in total. The van der Waals surface area contributed by atoms with Gasteiger partial charge in [-0.1, -0.05) is 27.7 Å². The molecule has 21 heavy (non-hydrogen) atoms. The number of likely N-dealkylation sites (tertiary alicyclic amines) is 1. The molecule has 0 aromatic carbocycles. The molecular formula is C15H29N3O3. The van der Waals surface area contributed by atoms with Crippen molar-refractivity contribution in [3.63, 3.8) is 0 Å². The van der Waals surface area contributed by atoms with Gasteiger partial charge in [0, 0.05) is 19.1 Å². The van der Waals surface area contributed by atoms with Crippen LogP contribution in [0.2, 0.25) is 0 Å². The lowest BCUT2D eigenvalue weighted by Crippen LogP contribution is -2.48. The van der Waals surface area contributed by atoms with E-state index in [1.165, 1.54) is 0 Å². The molecular weight excluding hydrogens is 270 g/mol. The van der Waals surface area contributed by atoms with Crippen LogP contribution in [-0.4, -0.2) is 65.2 Å². The molecule has 6 heteroatoms. The Morgan fingerprint density at radius 2 is 1.95 bits per heavy atom. The summed E-state index contributed by atoms with van der Waals surface area (Å²) in [5, 5.41) is 11.8. The number of hydrogen-bond acceptors (Lipinski definition) is 3. The van der Waals surface area contributed by atoms with Crippen LogP contribution < -0.4 is 5.32 Å². The fraction of sp³-hybridized carbons (Fsp3) is 0.867. The molecule has 2 atom stereocenters. The summed E-state index contributed by atoms with van der Waals surface area (Å²) in [5.41, 5.74) is 0. The molecule has 1 aliphatic rings. The molecule has 122 valence electrons. The first-order valence-corrected chi connectivity index (χ1v) is 7.91. The molecule has 2 unspecified atom stereocenters. The molecule has 0 bridgehead atoms. The number of nitrogens with zero attached hydrogens (tertiary/aromatic N) is 2. The van der Waals surface area contributed by atoms with E-state index >= 15 is 0 Å². The highest BCUT2D eigenvalue weighted by Crippen LogP contribution is 2.16. The number of urea groups is 1. The van der Waals surface area contributed by atoms with E-state index in [2.05, 4.69) is 24.1 Å². The summed E-state index contributed by atoms with van der Waals surface area (Å²) in [6.45, 7) is 11.5. The Kier molecular flexibility index (Phi) is 6.95. The molecule has 2 amide bonds. The molecule has 1 rings (SSSR count). The number of carbonyl (C=O) groups is 2. The third-order valence-electron chi connectivity index (χ3n) is 4.08. The average molecular weight is 299 g/mol. The Bertz CT molecular complexity index is 356. The number of aliphatic carboxylic acids is 1. The lowest BCUT2D eigenvalue weighted by atomic mass is 10.0. The van der Waals surface area contributed by atoms with Crippen molar-refractivity contribution in [1.29, 1.82) is 0 Å². The molecule has 0 aromatic heterocycles. The Morgan fingerprint density at radius 1 is 1.33 bits per heavy atom. The summed E-state index contributed by atoms with van der Waals surface area (Å²) >= 11 is 0. The zero-order valence-electron chi connectivity index (χ0n) is 13.6. The summed E-state index contributed by atoms with van der Waals surface area (Å²) in [5.74, 6) is -0.732. The zero-order chi connectivity index (χ0) is 16.0. The number of carbonyl (C=O) groups excluding carboxylic acids is 1. The average Bonchev–Trinajstić information content (AvgIpc) is 2.88. The van der Waals surface area contributed by atoms with Crippen molar-refractivity contribution in [2.45, 2.75) is 52.6 Å². The van der Waals surface area contributed by atoms with Crippen molar-refractivity contribution >= 4 is 12.0 Å². The third kappa shape index (κ3) is 5.19. The summed E-state index contributed by atoms with van der Waals surface area (Å²) in [7, 11) is 0. The van der Waals surface area contributed by atoms with Gasteiger partial charge in [0.25, 0.3) is 0 Å². The smallest absolute Gasteiger partial charge is 0.326 e. The first kappa shape index (κ1) is 17.8. The van der Waals surface area contributed by atoms with Gasteiger partial charge in [0.1, 0.15) is 6.04 Å². The first-order valence-electron chi connectivity index (χ1n) is 7.91. The second-order valence-electron chi connectivity index (χ2n) is 6.08. The fourth-order valence-corrected chi connectivity index (χ4v) is 2.90. The molecule has 0 aromatic rings. The number of amides is 2. The lowest BCUT2D eigenvalue weighted by Gasteiger charge is -2.26. The van der Waals surface area contributed by atoms with E-state index in [9.17, 15) is 14.7 Å². The molecule has 0 saturated carbocycles. The maximum atomic E-state index is 12.2. The van der Waals surface area contributed by atoms with Gasteiger partial charge in [-0.15, -0.1) is 0 Å². The Morgan fingerprint density at radius 3 is 2.43 bits per heavy atom. The number of nitrogens with one attached hydrogen (secondary N) is 1. The highest BCUT2D eigenvalue weighted by Gasteiger charge is 2.31. The van der Waals surface area contributed by atoms with E-state index in [4.69, 9.17) is 0 Å². The van der Waals surface area contributed by atoms with Crippen LogP contribution in [0.4, 0.5) is 4.79 Å². The summed E-state index contributed by atoms with van der Waals surface area (Å²) in [6.07, 6.45) is 1.41. The van der Waals surface area contributed by atoms with Crippen LogP contribution in [-0.2, 0) is 4.79 Å². The lowest BCUT2D eigenvalue weighted by molar-refractivity contribution is -0.139. The van der Waals surface area contributed by atoms with Crippen LogP contribution in [0.25, 0.3) is 0 Å². The predicted molar refractivity (Wildman–Crippen MR) is 82.3 cm³/mol.